The van der Waals surface area contributed by atoms with Crippen LogP contribution >= 0.6 is 0 Å². The van der Waals surface area contributed by atoms with Crippen LogP contribution in [-0.2, 0) is 15.2 Å². The topological polar surface area (TPSA) is 99.4 Å². The number of oxime groups is 1. The molecule has 3 heterocycles. The summed E-state index contributed by atoms with van der Waals surface area (Å²) in [6.07, 6.45) is 1.40. The molecule has 8 nitrogen and oxygen atoms in total. The van der Waals surface area contributed by atoms with E-state index in [0.29, 0.717) is 28.3 Å². The van der Waals surface area contributed by atoms with E-state index in [-0.39, 0.29) is 11.5 Å². The standard InChI is InChI=1S/C23H18N2O6/c1-28-17-10-5-7-13(21(17)29-2)19-18(20(26)16-11-6-12-30-16)23(31-25-19)14-8-3-4-9-15(14)24-22(23)27/h3-12,18H,1-2H3,(H,24,27)/t18-,23+/m0/s1. The third-order valence-corrected chi connectivity index (χ3v) is 5.59. The third kappa shape index (κ3) is 2.58. The smallest absolute Gasteiger partial charge is 0.277 e. The normalized spacial score (nSPS) is 21.3. The molecule has 0 saturated heterocycles. The van der Waals surface area contributed by atoms with Crippen LogP contribution < -0.4 is 14.8 Å². The second-order valence-electron chi connectivity index (χ2n) is 7.12. The quantitative estimate of drug-likeness (QED) is 0.638. The highest BCUT2D eigenvalue weighted by molar-refractivity contribution is 6.25. The fraction of sp³-hybridized carbons (Fsp3) is 0.174. The van der Waals surface area contributed by atoms with Gasteiger partial charge in [0.15, 0.2) is 17.3 Å². The molecule has 31 heavy (non-hydrogen) atoms. The number of amides is 1. The summed E-state index contributed by atoms with van der Waals surface area (Å²) in [5.41, 5.74) is 0.179. The molecule has 1 amide bonds. The van der Waals surface area contributed by atoms with Crippen LogP contribution in [0.25, 0.3) is 0 Å². The number of rotatable bonds is 5. The van der Waals surface area contributed by atoms with E-state index in [1.54, 1.807) is 54.6 Å². The lowest BCUT2D eigenvalue weighted by Gasteiger charge is -2.26. The van der Waals surface area contributed by atoms with Gasteiger partial charge in [0.2, 0.25) is 5.78 Å². The van der Waals surface area contributed by atoms with Crippen molar-refractivity contribution < 1.29 is 28.3 Å². The highest BCUT2D eigenvalue weighted by Gasteiger charge is 2.64. The summed E-state index contributed by atoms with van der Waals surface area (Å²) in [5, 5.41) is 7.05. The van der Waals surface area contributed by atoms with Crippen LogP contribution in [0.15, 0.2) is 70.4 Å². The average molecular weight is 418 g/mol. The molecule has 2 atom stereocenters. The lowest BCUT2D eigenvalue weighted by Crippen LogP contribution is -2.46. The summed E-state index contributed by atoms with van der Waals surface area (Å²) in [7, 11) is 3.01. The molecule has 0 aliphatic carbocycles. The van der Waals surface area contributed by atoms with Crippen molar-refractivity contribution >= 4 is 23.1 Å². The van der Waals surface area contributed by atoms with Crippen LogP contribution in [0.2, 0.25) is 0 Å². The maximum atomic E-state index is 13.7. The molecule has 0 unspecified atom stereocenters. The minimum absolute atomic E-state index is 0.0987. The SMILES string of the molecule is COc1cccc(C2=NO[C@@]3(C(=O)Nc4ccccc43)[C@@H]2C(=O)c2ccco2)c1OC. The van der Waals surface area contributed by atoms with E-state index in [0.717, 1.165) is 0 Å². The Morgan fingerprint density at radius 2 is 1.90 bits per heavy atom. The van der Waals surface area contributed by atoms with E-state index >= 15 is 0 Å². The second kappa shape index (κ2) is 7.02. The molecule has 0 bridgehead atoms. The Hall–Kier alpha value is -4.07. The van der Waals surface area contributed by atoms with Gasteiger partial charge in [-0.05, 0) is 30.3 Å². The number of carbonyl (C=O) groups is 2. The first-order valence-corrected chi connectivity index (χ1v) is 9.58. The molecule has 1 N–H and O–H groups in total. The molecule has 8 heteroatoms. The van der Waals surface area contributed by atoms with Gasteiger partial charge in [-0.15, -0.1) is 0 Å². The number of hydrogen-bond donors (Lipinski definition) is 1. The lowest BCUT2D eigenvalue weighted by molar-refractivity contribution is -0.140. The van der Waals surface area contributed by atoms with Crippen molar-refractivity contribution in [2.24, 2.45) is 11.1 Å². The number of benzene rings is 2. The second-order valence-corrected chi connectivity index (χ2v) is 7.12. The number of carbonyl (C=O) groups excluding carboxylic acids is 2. The molecule has 0 fully saturated rings. The van der Waals surface area contributed by atoms with E-state index in [1.165, 1.54) is 20.5 Å². The van der Waals surface area contributed by atoms with Crippen LogP contribution in [0.4, 0.5) is 5.69 Å². The zero-order valence-corrected chi connectivity index (χ0v) is 16.7. The molecule has 1 aromatic heterocycles. The predicted molar refractivity (Wildman–Crippen MR) is 110 cm³/mol. The molecule has 2 aromatic carbocycles. The molecular weight excluding hydrogens is 400 g/mol. The zero-order chi connectivity index (χ0) is 21.6. The number of nitrogens with zero attached hydrogens (tertiary/aromatic N) is 1. The van der Waals surface area contributed by atoms with Gasteiger partial charge >= 0.3 is 0 Å². The van der Waals surface area contributed by atoms with Gasteiger partial charge in [0.05, 0.1) is 20.5 Å². The summed E-state index contributed by atoms with van der Waals surface area (Å²) in [4.78, 5) is 32.7. The maximum Gasteiger partial charge on any atom is 0.277 e. The number of nitrogens with one attached hydrogen (secondary N) is 1. The Balaban J connectivity index is 1.73. The first-order valence-electron chi connectivity index (χ1n) is 9.58. The predicted octanol–water partition coefficient (Wildman–Crippen LogP) is 3.38. The van der Waals surface area contributed by atoms with Gasteiger partial charge in [0.25, 0.3) is 11.5 Å². The molecule has 5 rings (SSSR count). The largest absolute Gasteiger partial charge is 0.493 e. The van der Waals surface area contributed by atoms with E-state index in [2.05, 4.69) is 10.5 Å². The van der Waals surface area contributed by atoms with Gasteiger partial charge in [-0.1, -0.05) is 29.4 Å². The van der Waals surface area contributed by atoms with Gasteiger partial charge in [0.1, 0.15) is 11.6 Å². The summed E-state index contributed by atoms with van der Waals surface area (Å²) in [5.74, 6) is -1.07. The minimum atomic E-state index is -1.66. The highest BCUT2D eigenvalue weighted by Crippen LogP contribution is 2.50. The molecule has 1 spiro atoms. The molecule has 0 radical (unpaired) electrons. The number of ether oxygens (including phenoxy) is 2. The Morgan fingerprint density at radius 1 is 1.06 bits per heavy atom. The number of furan rings is 1. The van der Waals surface area contributed by atoms with Crippen molar-refractivity contribution in [2.45, 2.75) is 5.60 Å². The highest BCUT2D eigenvalue weighted by atomic mass is 16.7. The van der Waals surface area contributed by atoms with E-state index < -0.39 is 23.2 Å². The number of para-hydroxylation sites is 2. The number of anilines is 1. The van der Waals surface area contributed by atoms with Gasteiger partial charge in [-0.25, -0.2) is 0 Å². The van der Waals surface area contributed by atoms with Crippen LogP contribution in [0.5, 0.6) is 11.5 Å². The lowest BCUT2D eigenvalue weighted by atomic mass is 9.75. The molecular formula is C23H18N2O6. The molecule has 156 valence electrons. The average Bonchev–Trinajstić information content (AvgIpc) is 3.52. The van der Waals surface area contributed by atoms with E-state index in [4.69, 9.17) is 18.7 Å². The molecule has 3 aromatic rings. The van der Waals surface area contributed by atoms with Crippen molar-refractivity contribution in [3.8, 4) is 11.5 Å². The van der Waals surface area contributed by atoms with Crippen molar-refractivity contribution in [1.29, 1.82) is 0 Å². The van der Waals surface area contributed by atoms with Gasteiger partial charge in [-0.2, -0.15) is 0 Å². The van der Waals surface area contributed by atoms with Crippen molar-refractivity contribution in [3.63, 3.8) is 0 Å². The van der Waals surface area contributed by atoms with Crippen LogP contribution in [0.1, 0.15) is 21.7 Å². The Kier molecular flexibility index (Phi) is 4.28. The molecule has 0 saturated carbocycles. The Morgan fingerprint density at radius 3 is 2.65 bits per heavy atom. The van der Waals surface area contributed by atoms with E-state index in [1.807, 2.05) is 0 Å². The number of ketones is 1. The minimum Gasteiger partial charge on any atom is -0.493 e. The first-order chi connectivity index (χ1) is 15.1. The summed E-state index contributed by atoms with van der Waals surface area (Å²) in [6, 6.07) is 15.5. The van der Waals surface area contributed by atoms with Crippen LogP contribution in [-0.4, -0.2) is 31.6 Å². The first kappa shape index (κ1) is 18.9. The van der Waals surface area contributed by atoms with Gasteiger partial charge in [0, 0.05) is 16.8 Å². The van der Waals surface area contributed by atoms with Gasteiger partial charge < -0.3 is 24.0 Å². The summed E-state index contributed by atoms with van der Waals surface area (Å²) >= 11 is 0. The maximum absolute atomic E-state index is 13.7. The zero-order valence-electron chi connectivity index (χ0n) is 16.7. The van der Waals surface area contributed by atoms with E-state index in [9.17, 15) is 9.59 Å². The number of hydrogen-bond acceptors (Lipinski definition) is 7. The number of methoxy groups -OCH3 is 2. The number of Topliss-reactive ketones (excluding diaryl/α,β-unsaturated/α-hetero) is 1. The van der Waals surface area contributed by atoms with Crippen molar-refractivity contribution in [2.75, 3.05) is 19.5 Å². The number of fused-ring (bicyclic) bond motifs is 2. The van der Waals surface area contributed by atoms with Crippen molar-refractivity contribution in [1.82, 2.24) is 0 Å². The Labute approximate surface area is 177 Å². The Bertz CT molecular complexity index is 1220. The fourth-order valence-corrected chi connectivity index (χ4v) is 4.21. The van der Waals surface area contributed by atoms with Crippen LogP contribution in [0.3, 0.4) is 0 Å². The third-order valence-electron chi connectivity index (χ3n) is 5.59. The summed E-state index contributed by atoms with van der Waals surface area (Å²) in [6.45, 7) is 0. The molecule has 2 aliphatic rings. The van der Waals surface area contributed by atoms with Crippen LogP contribution in [0, 0.1) is 5.92 Å². The van der Waals surface area contributed by atoms with Crippen molar-refractivity contribution in [3.05, 3.63) is 77.7 Å². The molecule has 2 aliphatic heterocycles. The monoisotopic (exact) mass is 418 g/mol. The summed E-state index contributed by atoms with van der Waals surface area (Å²) < 4.78 is 16.3. The fourth-order valence-electron chi connectivity index (χ4n) is 4.21. The van der Waals surface area contributed by atoms with Gasteiger partial charge in [-0.3, -0.25) is 9.59 Å².